The van der Waals surface area contributed by atoms with Crippen LogP contribution in [0.15, 0.2) is 18.1 Å². The Morgan fingerprint density at radius 3 is 2.75 bits per heavy atom. The van der Waals surface area contributed by atoms with Crippen molar-refractivity contribution in [2.75, 3.05) is 51.6 Å². The quantitative estimate of drug-likeness (QED) is 0.779. The molecule has 2 amide bonds. The van der Waals surface area contributed by atoms with E-state index in [0.717, 1.165) is 7.05 Å². The van der Waals surface area contributed by atoms with Gasteiger partial charge in [0.2, 0.25) is 0 Å². The third-order valence-corrected chi connectivity index (χ3v) is 5.01. The van der Waals surface area contributed by atoms with Gasteiger partial charge in [-0.15, -0.1) is 0 Å². The zero-order chi connectivity index (χ0) is 34.2. The molecular formula is C22H35ClN4O. The minimum Gasteiger partial charge on any atom is -0.368 e. The molecule has 2 fully saturated rings. The number of hydrogen-bond acceptors (Lipinski definition) is 3. The number of nitrogens with one attached hydrogen (secondary N) is 1. The second-order valence-corrected chi connectivity index (χ2v) is 6.96. The number of carbonyl (C=O) groups is 1. The summed E-state index contributed by atoms with van der Waals surface area (Å²) < 4.78 is 133. The molecule has 0 aromatic heterocycles. The summed E-state index contributed by atoms with van der Waals surface area (Å²) >= 11 is 6.41. The van der Waals surface area contributed by atoms with Gasteiger partial charge in [0.25, 0.3) is 0 Å². The van der Waals surface area contributed by atoms with E-state index in [1.54, 1.807) is 22.0 Å². The summed E-state index contributed by atoms with van der Waals surface area (Å²) in [6, 6.07) is -6.00. The summed E-state index contributed by atoms with van der Waals surface area (Å²) in [6.45, 7) is -0.699. The molecule has 3 rings (SSSR count). The first-order valence-corrected chi connectivity index (χ1v) is 9.32. The molecule has 0 radical (unpaired) electrons. The number of benzene rings is 1. The van der Waals surface area contributed by atoms with Crippen molar-refractivity contribution in [2.45, 2.75) is 44.9 Å². The fraction of sp³-hybridized carbons (Fsp3) is 0.682. The number of halogens is 1. The molecule has 2 aliphatic rings. The van der Waals surface area contributed by atoms with Gasteiger partial charge in [-0.2, -0.15) is 0 Å². The largest absolute Gasteiger partial charge is 0.368 e. The van der Waals surface area contributed by atoms with E-state index in [1.807, 2.05) is 0 Å². The molecule has 0 unspecified atom stereocenters. The molecule has 1 aliphatic heterocycles. The van der Waals surface area contributed by atoms with Crippen molar-refractivity contribution in [3.05, 3.63) is 28.7 Å². The Kier molecular flexibility index (Phi) is 3.07. The monoisotopic (exact) mass is 422 g/mol. The highest BCUT2D eigenvalue weighted by Gasteiger charge is 2.24. The molecule has 156 valence electrons. The van der Waals surface area contributed by atoms with E-state index in [4.69, 9.17) is 33.5 Å². The maximum atomic E-state index is 12.6. The van der Waals surface area contributed by atoms with Crippen LogP contribution in [-0.4, -0.2) is 68.6 Å². The van der Waals surface area contributed by atoms with Crippen molar-refractivity contribution in [3.8, 4) is 0 Å². The van der Waals surface area contributed by atoms with Gasteiger partial charge < -0.3 is 15.1 Å². The van der Waals surface area contributed by atoms with Crippen LogP contribution in [0.3, 0.4) is 0 Å². The molecule has 1 N–H and O–H groups in total. The number of hydrogen-bond donors (Lipinski definition) is 1. The number of carbonyl (C=O) groups excluding carboxylic acids is 1. The molecule has 0 bridgehead atoms. The second kappa shape index (κ2) is 9.84. The van der Waals surface area contributed by atoms with Gasteiger partial charge >= 0.3 is 6.03 Å². The van der Waals surface area contributed by atoms with E-state index >= 15 is 0 Å². The number of amides is 2. The Morgan fingerprint density at radius 2 is 2.07 bits per heavy atom. The first-order valence-electron chi connectivity index (χ1n) is 16.9. The van der Waals surface area contributed by atoms with Crippen LogP contribution in [0.5, 0.6) is 0 Å². The first-order chi connectivity index (χ1) is 19.7. The third kappa shape index (κ3) is 5.54. The summed E-state index contributed by atoms with van der Waals surface area (Å²) in [7, 11) is 0.772. The van der Waals surface area contributed by atoms with Gasteiger partial charge in [0.05, 0.1) is 16.2 Å². The van der Waals surface area contributed by atoms with Crippen LogP contribution < -0.4 is 10.2 Å². The predicted octanol–water partition coefficient (Wildman–Crippen LogP) is 3.99. The van der Waals surface area contributed by atoms with Crippen LogP contribution in [-0.2, 0) is 0 Å². The van der Waals surface area contributed by atoms with E-state index in [0.29, 0.717) is 5.56 Å². The molecule has 1 saturated carbocycles. The van der Waals surface area contributed by atoms with E-state index < -0.39 is 56.8 Å². The van der Waals surface area contributed by atoms with Crippen LogP contribution in [0.1, 0.15) is 59.4 Å². The average Bonchev–Trinajstić information content (AvgIpc) is 2.92. The molecule has 1 aromatic rings. The third-order valence-electron chi connectivity index (χ3n) is 4.55. The lowest BCUT2D eigenvalue weighted by molar-refractivity contribution is 0.194. The smallest absolute Gasteiger partial charge is 0.317 e. The summed E-state index contributed by atoms with van der Waals surface area (Å²) in [6.07, 6.45) is -15.4. The number of anilines is 1. The van der Waals surface area contributed by atoms with Crippen molar-refractivity contribution in [2.24, 2.45) is 5.89 Å². The molecule has 1 aromatic carbocycles. The maximum Gasteiger partial charge on any atom is 0.317 e. The Hall–Kier alpha value is -1.46. The molecule has 1 saturated heterocycles. The normalized spacial score (nSPS) is 44.8. The van der Waals surface area contributed by atoms with E-state index in [2.05, 4.69) is 0 Å². The van der Waals surface area contributed by atoms with Gasteiger partial charge in [-0.3, -0.25) is 4.90 Å². The summed E-state index contributed by atoms with van der Waals surface area (Å²) in [5.41, 5.74) is 0.624. The van der Waals surface area contributed by atoms with Crippen LogP contribution in [0.4, 0.5) is 10.5 Å². The van der Waals surface area contributed by atoms with Gasteiger partial charge in [0.15, 0.2) is 0 Å². The zero-order valence-electron chi connectivity index (χ0n) is 31.9. The molecule has 1 heterocycles. The van der Waals surface area contributed by atoms with E-state index in [1.165, 1.54) is 0 Å². The molecule has 0 atom stereocenters. The molecule has 1 aliphatic carbocycles. The highest BCUT2D eigenvalue weighted by atomic mass is 35.5. The van der Waals surface area contributed by atoms with Gasteiger partial charge in [-0.1, -0.05) is 23.7 Å². The SMILES string of the molecule is [2H]c1c([2H])c(C)c(Cl)c(N2CCN(CCC3([2H])C([2H])([2H])C([2H])([2H])C([2H])(NC(=O)N(C)C([2H])([2H])[2H])C([2H])([2H])C3([2H])[2H])CC2)c1[2H]. The van der Waals surface area contributed by atoms with Crippen molar-refractivity contribution in [1.82, 2.24) is 15.1 Å². The first kappa shape index (κ1) is 8.73. The van der Waals surface area contributed by atoms with Crippen molar-refractivity contribution >= 4 is 23.3 Å². The average molecular weight is 423 g/mol. The van der Waals surface area contributed by atoms with Gasteiger partial charge in [-0.05, 0) is 62.9 Å². The van der Waals surface area contributed by atoms with Gasteiger partial charge in [-0.25, -0.2) is 4.79 Å². The standard InChI is InChI=1S/C22H35ClN4O/c1-17-5-4-6-20(21(17)23)27-15-13-26(14-16-27)12-11-18-7-9-19(10-8-18)24-22(28)25(2)3/h4-6,18-19H,7-16H2,1-3H3,(H,24,28)/i2D3,4D,5D,6D,7D2,8D2,9D2,10D2,18D,19D. The number of piperazine rings is 1. The van der Waals surface area contributed by atoms with E-state index in [-0.39, 0.29) is 66.5 Å². The fourth-order valence-corrected chi connectivity index (χ4v) is 3.09. The molecule has 5 nitrogen and oxygen atoms in total. The number of urea groups is 1. The van der Waals surface area contributed by atoms with Crippen molar-refractivity contribution in [3.63, 3.8) is 0 Å². The number of rotatable bonds is 5. The summed E-state index contributed by atoms with van der Waals surface area (Å²) in [5, 5.41) is 1.76. The lowest BCUT2D eigenvalue weighted by atomic mass is 9.84. The highest BCUT2D eigenvalue weighted by Crippen LogP contribution is 2.30. The van der Waals surface area contributed by atoms with E-state index in [9.17, 15) is 4.79 Å². The van der Waals surface area contributed by atoms with Gasteiger partial charge in [0, 0.05) is 62.7 Å². The van der Waals surface area contributed by atoms with Crippen LogP contribution in [0.2, 0.25) is 5.02 Å². The lowest BCUT2D eigenvalue weighted by Gasteiger charge is -2.37. The van der Waals surface area contributed by atoms with Gasteiger partial charge in [0.1, 0.15) is 0 Å². The molecular weight excluding hydrogens is 372 g/mol. The summed E-state index contributed by atoms with van der Waals surface area (Å²) in [5.74, 6) is -3.13. The zero-order valence-corrected chi connectivity index (χ0v) is 16.6. The highest BCUT2D eigenvalue weighted by molar-refractivity contribution is 6.34. The summed E-state index contributed by atoms with van der Waals surface area (Å²) in [4.78, 5) is 16.2. The predicted molar refractivity (Wildman–Crippen MR) is 117 cm³/mol. The minimum absolute atomic E-state index is 0.0765. The Morgan fingerprint density at radius 1 is 1.36 bits per heavy atom. The van der Waals surface area contributed by atoms with Crippen LogP contribution >= 0.6 is 11.6 Å². The maximum absolute atomic E-state index is 12.6. The Balaban J connectivity index is 1.88. The molecule has 0 spiro atoms. The minimum atomic E-state index is -3.74. The van der Waals surface area contributed by atoms with Crippen molar-refractivity contribution in [1.29, 1.82) is 0 Å². The second-order valence-electron chi connectivity index (χ2n) is 6.58. The van der Waals surface area contributed by atoms with Crippen LogP contribution in [0, 0.1) is 12.8 Å². The Bertz CT molecular complexity index is 1240. The fourth-order valence-electron chi connectivity index (χ4n) is 2.87. The molecule has 28 heavy (non-hydrogen) atoms. The topological polar surface area (TPSA) is 38.8 Å². The van der Waals surface area contributed by atoms with Crippen LogP contribution in [0.25, 0.3) is 0 Å². The van der Waals surface area contributed by atoms with Crippen molar-refractivity contribution < 1.29 is 26.7 Å². The Labute approximate surface area is 197 Å². The lowest BCUT2D eigenvalue weighted by Crippen LogP contribution is -2.47. The molecule has 6 heteroatoms. The number of nitrogens with zero attached hydrogens (tertiary/aromatic N) is 3.